The fourth-order valence-corrected chi connectivity index (χ4v) is 1.24. The van der Waals surface area contributed by atoms with Crippen molar-refractivity contribution in [1.29, 1.82) is 0 Å². The third kappa shape index (κ3) is 0.777. The number of aromatic nitrogens is 3. The minimum Gasteiger partial charge on any atom is -0.304 e. The normalized spacial score (nSPS) is 10.8. The fraction of sp³-hybridized carbons (Fsp3) is 0.250. The van der Waals surface area contributed by atoms with Gasteiger partial charge in [0.2, 0.25) is 0 Å². The Hall–Kier alpha value is -1.58. The summed E-state index contributed by atoms with van der Waals surface area (Å²) in [5.41, 5.74) is 2.45. The van der Waals surface area contributed by atoms with Crippen molar-refractivity contribution in [3.63, 3.8) is 0 Å². The zero-order valence-corrected chi connectivity index (χ0v) is 6.96. The van der Waals surface area contributed by atoms with E-state index in [0.717, 1.165) is 11.1 Å². The van der Waals surface area contributed by atoms with Crippen LogP contribution in [-0.2, 0) is 7.05 Å². The van der Waals surface area contributed by atoms with Crippen LogP contribution in [0.4, 0.5) is 0 Å². The summed E-state index contributed by atoms with van der Waals surface area (Å²) in [6.07, 6.45) is 1.70. The summed E-state index contributed by atoms with van der Waals surface area (Å²) in [4.78, 5) is 18.0. The molecule has 0 aliphatic rings. The Balaban J connectivity index is 3.05. The number of hydrogen-bond donors (Lipinski definition) is 1. The molecule has 0 saturated carbocycles. The molecule has 1 N–H and O–H groups in total. The van der Waals surface area contributed by atoms with Crippen LogP contribution in [0, 0.1) is 6.92 Å². The Morgan fingerprint density at radius 2 is 2.33 bits per heavy atom. The van der Waals surface area contributed by atoms with Crippen LogP contribution < -0.4 is 5.69 Å². The predicted molar refractivity (Wildman–Crippen MR) is 46.1 cm³/mol. The Bertz CT molecular complexity index is 480. The molecule has 0 aliphatic carbocycles. The molecule has 2 aromatic rings. The molecule has 4 nitrogen and oxygen atoms in total. The van der Waals surface area contributed by atoms with Gasteiger partial charge in [0, 0.05) is 13.2 Å². The van der Waals surface area contributed by atoms with Gasteiger partial charge in [-0.15, -0.1) is 0 Å². The third-order valence-electron chi connectivity index (χ3n) is 1.99. The molecule has 0 amide bonds. The highest BCUT2D eigenvalue weighted by molar-refractivity contribution is 5.74. The number of aryl methyl sites for hydroxylation is 2. The molecule has 2 aromatic heterocycles. The Labute approximate surface area is 68.9 Å². The van der Waals surface area contributed by atoms with Gasteiger partial charge < -0.3 is 4.98 Å². The van der Waals surface area contributed by atoms with E-state index in [4.69, 9.17) is 0 Å². The van der Waals surface area contributed by atoms with Crippen LogP contribution in [0.15, 0.2) is 17.1 Å². The molecular formula is C8H9N3O. The van der Waals surface area contributed by atoms with Gasteiger partial charge in [0.05, 0.1) is 5.52 Å². The Kier molecular flexibility index (Phi) is 1.30. The smallest absolute Gasteiger partial charge is 0.304 e. The first kappa shape index (κ1) is 7.09. The molecule has 0 radical (unpaired) electrons. The van der Waals surface area contributed by atoms with Crippen molar-refractivity contribution in [2.45, 2.75) is 6.92 Å². The van der Waals surface area contributed by atoms with Crippen molar-refractivity contribution in [2.24, 2.45) is 7.05 Å². The second kappa shape index (κ2) is 2.20. The first-order valence-corrected chi connectivity index (χ1v) is 3.70. The standard InChI is InChI=1S/C8H9N3O/c1-5-3-4-9-7-6(5)10-8(12)11(7)2/h3-4H,1-2H3,(H,10,12). The van der Waals surface area contributed by atoms with Crippen LogP contribution in [0.3, 0.4) is 0 Å². The average Bonchev–Trinajstić information content (AvgIpc) is 2.32. The number of imidazole rings is 1. The SMILES string of the molecule is Cc1ccnc2c1[nH]c(=O)n2C. The van der Waals surface area contributed by atoms with Crippen molar-refractivity contribution in [3.8, 4) is 0 Å². The lowest BCUT2D eigenvalue weighted by molar-refractivity contribution is 0.879. The van der Waals surface area contributed by atoms with Crippen LogP contribution in [0.2, 0.25) is 0 Å². The lowest BCUT2D eigenvalue weighted by atomic mass is 10.3. The van der Waals surface area contributed by atoms with E-state index in [0.29, 0.717) is 5.65 Å². The van der Waals surface area contributed by atoms with E-state index in [9.17, 15) is 4.79 Å². The molecule has 62 valence electrons. The van der Waals surface area contributed by atoms with Gasteiger partial charge in [-0.1, -0.05) is 0 Å². The number of nitrogens with zero attached hydrogens (tertiary/aromatic N) is 2. The summed E-state index contributed by atoms with van der Waals surface area (Å²) in [5, 5.41) is 0. The number of hydrogen-bond acceptors (Lipinski definition) is 2. The molecule has 0 bridgehead atoms. The molecule has 0 atom stereocenters. The second-order valence-electron chi connectivity index (χ2n) is 2.82. The number of pyridine rings is 1. The summed E-state index contributed by atoms with van der Waals surface area (Å²) in [7, 11) is 1.70. The summed E-state index contributed by atoms with van der Waals surface area (Å²) < 4.78 is 1.50. The van der Waals surface area contributed by atoms with Crippen molar-refractivity contribution in [2.75, 3.05) is 0 Å². The fourth-order valence-electron chi connectivity index (χ4n) is 1.24. The maximum absolute atomic E-state index is 11.2. The van der Waals surface area contributed by atoms with Gasteiger partial charge in [-0.2, -0.15) is 0 Å². The highest BCUT2D eigenvalue weighted by Crippen LogP contribution is 2.09. The first-order valence-electron chi connectivity index (χ1n) is 3.70. The third-order valence-corrected chi connectivity index (χ3v) is 1.99. The zero-order valence-electron chi connectivity index (χ0n) is 6.96. The molecular weight excluding hydrogens is 154 g/mol. The molecule has 2 heterocycles. The summed E-state index contributed by atoms with van der Waals surface area (Å²) in [6, 6.07) is 1.87. The molecule has 0 aromatic carbocycles. The maximum Gasteiger partial charge on any atom is 0.327 e. The summed E-state index contributed by atoms with van der Waals surface area (Å²) in [6.45, 7) is 1.94. The van der Waals surface area contributed by atoms with Crippen LogP contribution in [0.1, 0.15) is 5.56 Å². The van der Waals surface area contributed by atoms with Crippen LogP contribution in [0.5, 0.6) is 0 Å². The monoisotopic (exact) mass is 163 g/mol. The molecule has 0 unspecified atom stereocenters. The van der Waals surface area contributed by atoms with Crippen LogP contribution in [0.25, 0.3) is 11.2 Å². The minimum atomic E-state index is -0.119. The number of nitrogens with one attached hydrogen (secondary N) is 1. The van der Waals surface area contributed by atoms with Gasteiger partial charge >= 0.3 is 5.69 Å². The highest BCUT2D eigenvalue weighted by Gasteiger charge is 2.04. The van der Waals surface area contributed by atoms with Gasteiger partial charge in [-0.05, 0) is 18.6 Å². The number of H-pyrrole nitrogens is 1. The second-order valence-corrected chi connectivity index (χ2v) is 2.82. The van der Waals surface area contributed by atoms with E-state index >= 15 is 0 Å². The van der Waals surface area contributed by atoms with Crippen molar-refractivity contribution < 1.29 is 0 Å². The van der Waals surface area contributed by atoms with E-state index < -0.39 is 0 Å². The lowest BCUT2D eigenvalue weighted by Crippen LogP contribution is -2.12. The Morgan fingerprint density at radius 1 is 1.58 bits per heavy atom. The summed E-state index contributed by atoms with van der Waals surface area (Å²) in [5.74, 6) is 0. The van der Waals surface area contributed by atoms with Gasteiger partial charge in [0.15, 0.2) is 5.65 Å². The first-order chi connectivity index (χ1) is 5.70. The molecule has 12 heavy (non-hydrogen) atoms. The topological polar surface area (TPSA) is 50.7 Å². The molecule has 4 heteroatoms. The van der Waals surface area contributed by atoms with Crippen molar-refractivity contribution >= 4 is 11.2 Å². The van der Waals surface area contributed by atoms with E-state index in [2.05, 4.69) is 9.97 Å². The zero-order chi connectivity index (χ0) is 8.72. The molecule has 2 rings (SSSR count). The average molecular weight is 163 g/mol. The number of aromatic amines is 1. The molecule has 0 spiro atoms. The molecule has 0 aliphatic heterocycles. The van der Waals surface area contributed by atoms with E-state index in [1.165, 1.54) is 4.57 Å². The van der Waals surface area contributed by atoms with Crippen molar-refractivity contribution in [1.82, 2.24) is 14.5 Å². The Morgan fingerprint density at radius 3 is 3.00 bits per heavy atom. The van der Waals surface area contributed by atoms with Gasteiger partial charge in [-0.25, -0.2) is 9.78 Å². The van der Waals surface area contributed by atoms with E-state index in [1.807, 2.05) is 13.0 Å². The van der Waals surface area contributed by atoms with Crippen LogP contribution in [-0.4, -0.2) is 14.5 Å². The van der Waals surface area contributed by atoms with Gasteiger partial charge in [0.1, 0.15) is 0 Å². The highest BCUT2D eigenvalue weighted by atomic mass is 16.1. The number of rotatable bonds is 0. The summed E-state index contributed by atoms with van der Waals surface area (Å²) >= 11 is 0. The number of fused-ring (bicyclic) bond motifs is 1. The van der Waals surface area contributed by atoms with E-state index in [-0.39, 0.29) is 5.69 Å². The molecule has 0 fully saturated rings. The lowest BCUT2D eigenvalue weighted by Gasteiger charge is -1.93. The van der Waals surface area contributed by atoms with Crippen molar-refractivity contribution in [3.05, 3.63) is 28.3 Å². The molecule has 0 saturated heterocycles. The maximum atomic E-state index is 11.2. The van der Waals surface area contributed by atoms with Gasteiger partial charge in [0.25, 0.3) is 0 Å². The van der Waals surface area contributed by atoms with Gasteiger partial charge in [-0.3, -0.25) is 4.57 Å². The van der Waals surface area contributed by atoms with E-state index in [1.54, 1.807) is 13.2 Å². The largest absolute Gasteiger partial charge is 0.327 e. The quantitative estimate of drug-likeness (QED) is 0.617. The minimum absolute atomic E-state index is 0.119. The van der Waals surface area contributed by atoms with Crippen LogP contribution >= 0.6 is 0 Å². The predicted octanol–water partition coefficient (Wildman–Crippen LogP) is 0.570.